The molecule has 0 aromatic rings. The van der Waals surface area contributed by atoms with Crippen molar-refractivity contribution < 1.29 is 14.6 Å². The number of nitrogens with zero attached hydrogens (tertiary/aromatic N) is 1. The van der Waals surface area contributed by atoms with Crippen molar-refractivity contribution in [1.82, 2.24) is 4.90 Å². The van der Waals surface area contributed by atoms with Crippen LogP contribution in [0.5, 0.6) is 0 Å². The number of hydrogen-bond acceptors (Lipinski definition) is 3. The van der Waals surface area contributed by atoms with Gasteiger partial charge in [0.05, 0.1) is 12.5 Å². The van der Waals surface area contributed by atoms with Gasteiger partial charge in [-0.05, 0) is 18.3 Å². The van der Waals surface area contributed by atoms with Gasteiger partial charge < -0.3 is 14.7 Å². The lowest BCUT2D eigenvalue weighted by molar-refractivity contribution is -0.142. The number of carboxylic acid groups (broad SMARTS) is 1. The second-order valence-electron chi connectivity index (χ2n) is 4.87. The Hall–Kier alpha value is -0.610. The van der Waals surface area contributed by atoms with Crippen LogP contribution in [0.25, 0.3) is 0 Å². The van der Waals surface area contributed by atoms with E-state index >= 15 is 0 Å². The lowest BCUT2D eigenvalue weighted by Gasteiger charge is -2.18. The summed E-state index contributed by atoms with van der Waals surface area (Å²) >= 11 is 0. The molecule has 2 rings (SSSR count). The van der Waals surface area contributed by atoms with Crippen LogP contribution < -0.4 is 0 Å². The van der Waals surface area contributed by atoms with E-state index in [0.29, 0.717) is 12.5 Å². The predicted molar refractivity (Wildman–Crippen MR) is 55.7 cm³/mol. The minimum atomic E-state index is -0.646. The quantitative estimate of drug-likeness (QED) is 0.749. The molecule has 0 spiro atoms. The van der Waals surface area contributed by atoms with Gasteiger partial charge in [-0.1, -0.05) is 6.92 Å². The maximum Gasteiger partial charge on any atom is 0.308 e. The van der Waals surface area contributed by atoms with Gasteiger partial charge in [-0.2, -0.15) is 0 Å². The first-order chi connectivity index (χ1) is 7.16. The first kappa shape index (κ1) is 10.9. The van der Waals surface area contributed by atoms with Crippen LogP contribution in [0.3, 0.4) is 0 Å². The highest BCUT2D eigenvalue weighted by Crippen LogP contribution is 2.25. The third-order valence-electron chi connectivity index (χ3n) is 3.55. The van der Waals surface area contributed by atoms with Crippen LogP contribution >= 0.6 is 0 Å². The van der Waals surface area contributed by atoms with Crippen molar-refractivity contribution in [3.05, 3.63) is 0 Å². The fourth-order valence-corrected chi connectivity index (χ4v) is 2.63. The van der Waals surface area contributed by atoms with Crippen molar-refractivity contribution in [1.29, 1.82) is 0 Å². The zero-order chi connectivity index (χ0) is 10.8. The van der Waals surface area contributed by atoms with Gasteiger partial charge in [0.1, 0.15) is 0 Å². The van der Waals surface area contributed by atoms with E-state index in [-0.39, 0.29) is 11.8 Å². The van der Waals surface area contributed by atoms with E-state index in [0.717, 1.165) is 32.7 Å². The van der Waals surface area contributed by atoms with Crippen molar-refractivity contribution >= 4 is 5.97 Å². The zero-order valence-corrected chi connectivity index (χ0v) is 9.19. The minimum Gasteiger partial charge on any atom is -0.481 e. The summed E-state index contributed by atoms with van der Waals surface area (Å²) in [5, 5.41) is 9.01. The molecular weight excluding hydrogens is 194 g/mol. The molecule has 0 amide bonds. The van der Waals surface area contributed by atoms with Gasteiger partial charge in [-0.3, -0.25) is 4.79 Å². The summed E-state index contributed by atoms with van der Waals surface area (Å²) in [6.45, 7) is 6.40. The van der Waals surface area contributed by atoms with Crippen LogP contribution in [-0.4, -0.2) is 48.8 Å². The largest absolute Gasteiger partial charge is 0.481 e. The summed E-state index contributed by atoms with van der Waals surface area (Å²) in [5.74, 6) is 0.0783. The fourth-order valence-electron chi connectivity index (χ4n) is 2.63. The van der Waals surface area contributed by atoms with E-state index in [1.54, 1.807) is 0 Å². The number of carboxylic acids is 1. The topological polar surface area (TPSA) is 49.8 Å². The second-order valence-corrected chi connectivity index (χ2v) is 4.87. The Kier molecular flexibility index (Phi) is 3.26. The monoisotopic (exact) mass is 213 g/mol. The van der Waals surface area contributed by atoms with E-state index < -0.39 is 5.97 Å². The highest BCUT2D eigenvalue weighted by Gasteiger charge is 2.35. The van der Waals surface area contributed by atoms with Gasteiger partial charge in [-0.15, -0.1) is 0 Å². The molecule has 3 atom stereocenters. The maximum atomic E-state index is 10.9. The van der Waals surface area contributed by atoms with Gasteiger partial charge in [0.25, 0.3) is 0 Å². The van der Waals surface area contributed by atoms with E-state index in [1.807, 2.05) is 6.92 Å². The standard InChI is InChI=1S/C11H19NO3/c1-8-4-12(6-10(8)11(13)14)5-9-2-3-15-7-9/h8-10H,2-7H2,1H3,(H,13,14)/t8-,9?,10-/m1/s1. The maximum absolute atomic E-state index is 10.9. The number of ether oxygens (including phenoxy) is 1. The Morgan fingerprint density at radius 2 is 2.33 bits per heavy atom. The molecule has 0 radical (unpaired) electrons. The van der Waals surface area contributed by atoms with Crippen LogP contribution in [0.15, 0.2) is 0 Å². The van der Waals surface area contributed by atoms with Crippen molar-refractivity contribution in [3.8, 4) is 0 Å². The van der Waals surface area contributed by atoms with Gasteiger partial charge in [0, 0.05) is 26.2 Å². The molecule has 2 fully saturated rings. The molecule has 4 nitrogen and oxygen atoms in total. The zero-order valence-electron chi connectivity index (χ0n) is 9.19. The van der Waals surface area contributed by atoms with E-state index in [2.05, 4.69) is 4.90 Å². The van der Waals surface area contributed by atoms with Crippen molar-refractivity contribution in [2.75, 3.05) is 32.8 Å². The van der Waals surface area contributed by atoms with Crippen LogP contribution in [-0.2, 0) is 9.53 Å². The van der Waals surface area contributed by atoms with Gasteiger partial charge >= 0.3 is 5.97 Å². The molecule has 0 aromatic carbocycles. The summed E-state index contributed by atoms with van der Waals surface area (Å²) in [6, 6.07) is 0. The summed E-state index contributed by atoms with van der Waals surface area (Å²) in [6.07, 6.45) is 1.13. The molecule has 1 N–H and O–H groups in total. The molecule has 1 unspecified atom stereocenters. The average Bonchev–Trinajstić information content (AvgIpc) is 2.75. The van der Waals surface area contributed by atoms with Crippen LogP contribution in [0.2, 0.25) is 0 Å². The van der Waals surface area contributed by atoms with Crippen LogP contribution in [0.1, 0.15) is 13.3 Å². The number of hydrogen-bond donors (Lipinski definition) is 1. The Balaban J connectivity index is 1.82. The smallest absolute Gasteiger partial charge is 0.308 e. The predicted octanol–water partition coefficient (Wildman–Crippen LogP) is 0.675. The van der Waals surface area contributed by atoms with Gasteiger partial charge in [0.15, 0.2) is 0 Å². The van der Waals surface area contributed by atoms with Gasteiger partial charge in [-0.25, -0.2) is 0 Å². The van der Waals surface area contributed by atoms with E-state index in [4.69, 9.17) is 9.84 Å². The minimum absolute atomic E-state index is 0.174. The molecule has 0 aliphatic carbocycles. The highest BCUT2D eigenvalue weighted by atomic mass is 16.5. The summed E-state index contributed by atoms with van der Waals surface area (Å²) in [5.41, 5.74) is 0. The van der Waals surface area contributed by atoms with E-state index in [9.17, 15) is 4.79 Å². The summed E-state index contributed by atoms with van der Waals surface area (Å²) in [4.78, 5) is 13.2. The number of rotatable bonds is 3. The van der Waals surface area contributed by atoms with Crippen LogP contribution in [0.4, 0.5) is 0 Å². The molecule has 86 valence electrons. The third-order valence-corrected chi connectivity index (χ3v) is 3.55. The lowest BCUT2D eigenvalue weighted by atomic mass is 9.99. The molecule has 2 saturated heterocycles. The van der Waals surface area contributed by atoms with Crippen LogP contribution in [0, 0.1) is 17.8 Å². The average molecular weight is 213 g/mol. The molecule has 2 heterocycles. The second kappa shape index (κ2) is 4.49. The first-order valence-corrected chi connectivity index (χ1v) is 5.69. The van der Waals surface area contributed by atoms with E-state index in [1.165, 1.54) is 0 Å². The Morgan fingerprint density at radius 1 is 1.53 bits per heavy atom. The Labute approximate surface area is 90.2 Å². The number of likely N-dealkylation sites (tertiary alicyclic amines) is 1. The molecule has 2 aliphatic rings. The normalized spacial score (nSPS) is 37.3. The SMILES string of the molecule is C[C@@H]1CN(CC2CCOC2)C[C@H]1C(=O)O. The lowest BCUT2D eigenvalue weighted by Crippen LogP contribution is -2.29. The molecule has 0 saturated carbocycles. The first-order valence-electron chi connectivity index (χ1n) is 5.69. The van der Waals surface area contributed by atoms with Crippen molar-refractivity contribution in [2.45, 2.75) is 13.3 Å². The summed E-state index contributed by atoms with van der Waals surface area (Å²) in [7, 11) is 0. The fraction of sp³-hybridized carbons (Fsp3) is 0.909. The molecule has 4 heteroatoms. The van der Waals surface area contributed by atoms with Crippen molar-refractivity contribution in [3.63, 3.8) is 0 Å². The third kappa shape index (κ3) is 2.49. The molecule has 0 bridgehead atoms. The molecule has 15 heavy (non-hydrogen) atoms. The van der Waals surface area contributed by atoms with Gasteiger partial charge in [0.2, 0.25) is 0 Å². The highest BCUT2D eigenvalue weighted by molar-refractivity contribution is 5.71. The number of carbonyl (C=O) groups is 1. The molecule has 0 aromatic heterocycles. The molecule has 2 aliphatic heterocycles. The van der Waals surface area contributed by atoms with Crippen molar-refractivity contribution in [2.24, 2.45) is 17.8 Å². The summed E-state index contributed by atoms with van der Waals surface area (Å²) < 4.78 is 5.33. The Bertz CT molecular complexity index is 238. The number of aliphatic carboxylic acids is 1. The molecular formula is C11H19NO3. The Morgan fingerprint density at radius 3 is 2.87 bits per heavy atom.